The molecular weight excluding hydrogens is 232 g/mol. The Morgan fingerprint density at radius 2 is 2.18 bits per heavy atom. The summed E-state index contributed by atoms with van der Waals surface area (Å²) in [5.41, 5.74) is 2.29. The van der Waals surface area contributed by atoms with Crippen LogP contribution in [0.25, 0.3) is 10.6 Å². The Morgan fingerprint density at radius 1 is 1.35 bits per heavy atom. The Morgan fingerprint density at radius 3 is 2.88 bits per heavy atom. The van der Waals surface area contributed by atoms with Crippen LogP contribution in [-0.2, 0) is 0 Å². The van der Waals surface area contributed by atoms with Crippen LogP contribution >= 0.6 is 11.3 Å². The number of methoxy groups -OCH3 is 1. The lowest BCUT2D eigenvalue weighted by Crippen LogP contribution is -2.40. The predicted molar refractivity (Wildman–Crippen MR) is 69.7 cm³/mol. The van der Waals surface area contributed by atoms with Crippen LogP contribution in [0.15, 0.2) is 29.6 Å². The zero-order valence-electron chi connectivity index (χ0n) is 9.64. The van der Waals surface area contributed by atoms with Gasteiger partial charge in [-0.1, -0.05) is 12.1 Å². The van der Waals surface area contributed by atoms with E-state index in [9.17, 15) is 0 Å². The maximum atomic E-state index is 5.36. The predicted octanol–water partition coefficient (Wildman–Crippen LogP) is 2.51. The van der Waals surface area contributed by atoms with Crippen LogP contribution in [-0.4, -0.2) is 25.2 Å². The topological polar surface area (TPSA) is 34.1 Å². The summed E-state index contributed by atoms with van der Waals surface area (Å²) in [6.07, 6.45) is 0. The zero-order valence-corrected chi connectivity index (χ0v) is 10.5. The summed E-state index contributed by atoms with van der Waals surface area (Å²) in [6.45, 7) is 2.10. The summed E-state index contributed by atoms with van der Waals surface area (Å²) in [6, 6.07) is 8.03. The average Bonchev–Trinajstić information content (AvgIpc) is 2.76. The van der Waals surface area contributed by atoms with E-state index >= 15 is 0 Å². The van der Waals surface area contributed by atoms with Crippen molar-refractivity contribution in [1.29, 1.82) is 0 Å². The SMILES string of the molecule is COc1ccccc1-c1nc(C2CNC2)cs1. The third-order valence-corrected chi connectivity index (χ3v) is 3.95. The summed E-state index contributed by atoms with van der Waals surface area (Å²) < 4.78 is 5.36. The highest BCUT2D eigenvalue weighted by atomic mass is 32.1. The van der Waals surface area contributed by atoms with Gasteiger partial charge in [-0.05, 0) is 12.1 Å². The molecule has 1 N–H and O–H groups in total. The van der Waals surface area contributed by atoms with Crippen molar-refractivity contribution in [3.63, 3.8) is 0 Å². The molecule has 1 aromatic heterocycles. The van der Waals surface area contributed by atoms with Gasteiger partial charge >= 0.3 is 0 Å². The molecule has 17 heavy (non-hydrogen) atoms. The average molecular weight is 246 g/mol. The van der Waals surface area contributed by atoms with Gasteiger partial charge in [0, 0.05) is 24.4 Å². The van der Waals surface area contributed by atoms with Crippen molar-refractivity contribution in [3.8, 4) is 16.3 Å². The van der Waals surface area contributed by atoms with Crippen molar-refractivity contribution in [2.45, 2.75) is 5.92 Å². The number of nitrogens with zero attached hydrogens (tertiary/aromatic N) is 1. The van der Waals surface area contributed by atoms with Crippen molar-refractivity contribution < 1.29 is 4.74 Å². The van der Waals surface area contributed by atoms with Gasteiger partial charge in [0.2, 0.25) is 0 Å². The van der Waals surface area contributed by atoms with Crippen LogP contribution in [0.2, 0.25) is 0 Å². The molecule has 0 atom stereocenters. The normalized spacial score (nSPS) is 15.6. The quantitative estimate of drug-likeness (QED) is 0.903. The number of hydrogen-bond acceptors (Lipinski definition) is 4. The number of hydrogen-bond donors (Lipinski definition) is 1. The molecule has 2 heterocycles. The number of thiazole rings is 1. The maximum Gasteiger partial charge on any atom is 0.129 e. The van der Waals surface area contributed by atoms with Crippen molar-refractivity contribution in [3.05, 3.63) is 35.3 Å². The van der Waals surface area contributed by atoms with Gasteiger partial charge in [0.1, 0.15) is 10.8 Å². The Bertz CT molecular complexity index is 520. The van der Waals surface area contributed by atoms with Gasteiger partial charge in [-0.15, -0.1) is 11.3 Å². The van der Waals surface area contributed by atoms with E-state index in [1.807, 2.05) is 18.2 Å². The van der Waals surface area contributed by atoms with Gasteiger partial charge in [0.25, 0.3) is 0 Å². The molecule has 0 spiro atoms. The highest BCUT2D eigenvalue weighted by molar-refractivity contribution is 7.13. The molecule has 1 saturated heterocycles. The van der Waals surface area contributed by atoms with Gasteiger partial charge in [0.15, 0.2) is 0 Å². The molecule has 1 aromatic carbocycles. The molecule has 3 nitrogen and oxygen atoms in total. The summed E-state index contributed by atoms with van der Waals surface area (Å²) in [4.78, 5) is 4.71. The van der Waals surface area contributed by atoms with E-state index < -0.39 is 0 Å². The Balaban J connectivity index is 1.94. The molecule has 1 aliphatic heterocycles. The number of nitrogens with one attached hydrogen (secondary N) is 1. The number of aromatic nitrogens is 1. The van der Waals surface area contributed by atoms with E-state index in [1.54, 1.807) is 18.4 Å². The standard InChI is InChI=1S/C13H14N2OS/c1-16-12-5-3-2-4-10(12)13-15-11(8-17-13)9-6-14-7-9/h2-5,8-9,14H,6-7H2,1H3. The molecule has 4 heteroatoms. The zero-order chi connectivity index (χ0) is 11.7. The van der Waals surface area contributed by atoms with Gasteiger partial charge in [-0.25, -0.2) is 4.98 Å². The Kier molecular flexibility index (Phi) is 2.82. The van der Waals surface area contributed by atoms with E-state index in [2.05, 4.69) is 16.8 Å². The van der Waals surface area contributed by atoms with E-state index in [4.69, 9.17) is 9.72 Å². The van der Waals surface area contributed by atoms with Crippen molar-refractivity contribution in [1.82, 2.24) is 10.3 Å². The van der Waals surface area contributed by atoms with Crippen molar-refractivity contribution in [2.75, 3.05) is 20.2 Å². The molecule has 0 amide bonds. The first-order valence-electron chi connectivity index (χ1n) is 5.68. The molecule has 1 fully saturated rings. The molecule has 0 bridgehead atoms. The fourth-order valence-electron chi connectivity index (χ4n) is 1.92. The van der Waals surface area contributed by atoms with Gasteiger partial charge in [0.05, 0.1) is 18.4 Å². The monoisotopic (exact) mass is 246 g/mol. The number of ether oxygens (including phenoxy) is 1. The number of benzene rings is 1. The molecule has 0 saturated carbocycles. The minimum absolute atomic E-state index is 0.592. The fraction of sp³-hybridized carbons (Fsp3) is 0.308. The smallest absolute Gasteiger partial charge is 0.129 e. The second kappa shape index (κ2) is 4.47. The van der Waals surface area contributed by atoms with Crippen LogP contribution in [0.5, 0.6) is 5.75 Å². The molecule has 0 radical (unpaired) electrons. The summed E-state index contributed by atoms with van der Waals surface area (Å²) in [7, 11) is 1.70. The van der Waals surface area contributed by atoms with Crippen molar-refractivity contribution >= 4 is 11.3 Å². The summed E-state index contributed by atoms with van der Waals surface area (Å²) in [5, 5.41) is 6.48. The molecular formula is C13H14N2OS. The number of rotatable bonds is 3. The van der Waals surface area contributed by atoms with Crippen LogP contribution in [0, 0.1) is 0 Å². The lowest BCUT2D eigenvalue weighted by atomic mass is 10.0. The largest absolute Gasteiger partial charge is 0.496 e. The van der Waals surface area contributed by atoms with E-state index in [1.165, 1.54) is 5.69 Å². The maximum absolute atomic E-state index is 5.36. The number of para-hydroxylation sites is 1. The molecule has 0 aliphatic carbocycles. The molecule has 2 aromatic rings. The van der Waals surface area contributed by atoms with E-state index in [0.717, 1.165) is 29.4 Å². The van der Waals surface area contributed by atoms with Gasteiger partial charge in [-0.2, -0.15) is 0 Å². The Hall–Kier alpha value is -1.39. The van der Waals surface area contributed by atoms with Gasteiger partial charge in [-0.3, -0.25) is 0 Å². The first-order valence-corrected chi connectivity index (χ1v) is 6.56. The highest BCUT2D eigenvalue weighted by Gasteiger charge is 2.22. The van der Waals surface area contributed by atoms with Crippen molar-refractivity contribution in [2.24, 2.45) is 0 Å². The fourth-order valence-corrected chi connectivity index (χ4v) is 2.85. The Labute approximate surface area is 104 Å². The second-order valence-corrected chi connectivity index (χ2v) is 4.99. The van der Waals surface area contributed by atoms with Crippen LogP contribution in [0.4, 0.5) is 0 Å². The third kappa shape index (κ3) is 1.94. The summed E-state index contributed by atoms with van der Waals surface area (Å²) in [5.74, 6) is 1.48. The van der Waals surface area contributed by atoms with E-state index in [0.29, 0.717) is 5.92 Å². The minimum Gasteiger partial charge on any atom is -0.496 e. The second-order valence-electron chi connectivity index (χ2n) is 4.13. The molecule has 3 rings (SSSR count). The van der Waals surface area contributed by atoms with Gasteiger partial charge < -0.3 is 10.1 Å². The first kappa shape index (κ1) is 10.7. The first-order chi connectivity index (χ1) is 8.38. The third-order valence-electron chi connectivity index (χ3n) is 3.06. The lowest BCUT2D eigenvalue weighted by Gasteiger charge is -2.25. The van der Waals surface area contributed by atoms with Crippen LogP contribution in [0.1, 0.15) is 11.6 Å². The molecule has 1 aliphatic rings. The van der Waals surface area contributed by atoms with Crippen LogP contribution < -0.4 is 10.1 Å². The summed E-state index contributed by atoms with van der Waals surface area (Å²) >= 11 is 1.69. The molecule has 0 unspecified atom stereocenters. The minimum atomic E-state index is 0.592. The van der Waals surface area contributed by atoms with Crippen LogP contribution in [0.3, 0.4) is 0 Å². The highest BCUT2D eigenvalue weighted by Crippen LogP contribution is 2.33. The van der Waals surface area contributed by atoms with E-state index in [-0.39, 0.29) is 0 Å². The molecule has 88 valence electrons. The lowest BCUT2D eigenvalue weighted by molar-refractivity contribution is 0.416.